The van der Waals surface area contributed by atoms with E-state index in [1.54, 1.807) is 0 Å². The van der Waals surface area contributed by atoms with Crippen LogP contribution in [0.5, 0.6) is 0 Å². The standard InChI is InChI=1S/C3H3N3.Zn/c1-4-2-6-3-5-1;/h1-3H;/q;+2. The quantitative estimate of drug-likeness (QED) is 0.479. The van der Waals surface area contributed by atoms with E-state index in [9.17, 15) is 0 Å². The average Bonchev–Trinajstić information content (AvgIpc) is 1.72. The molecular formula is C3H3N3Zn+2. The number of hydrogen-bond acceptors (Lipinski definition) is 3. The third-order valence-electron chi connectivity index (χ3n) is 0.400. The van der Waals surface area contributed by atoms with Gasteiger partial charge in [-0.05, 0) is 0 Å². The van der Waals surface area contributed by atoms with Gasteiger partial charge >= 0.3 is 19.5 Å². The molecule has 0 N–H and O–H groups in total. The molecule has 0 amide bonds. The predicted molar refractivity (Wildman–Crippen MR) is 19.8 cm³/mol. The van der Waals surface area contributed by atoms with Crippen molar-refractivity contribution >= 4 is 0 Å². The Morgan fingerprint density at radius 2 is 1.00 bits per heavy atom. The summed E-state index contributed by atoms with van der Waals surface area (Å²) in [4.78, 5) is 10.7. The van der Waals surface area contributed by atoms with Gasteiger partial charge in [-0.15, -0.1) is 0 Å². The topological polar surface area (TPSA) is 38.7 Å². The van der Waals surface area contributed by atoms with Crippen LogP contribution in [0.3, 0.4) is 0 Å². The zero-order valence-corrected chi connectivity index (χ0v) is 6.75. The van der Waals surface area contributed by atoms with Gasteiger partial charge in [0.15, 0.2) is 0 Å². The second kappa shape index (κ2) is 3.81. The minimum Gasteiger partial charge on any atom is -0.225 e. The minimum absolute atomic E-state index is 0. The molecule has 4 heteroatoms. The van der Waals surface area contributed by atoms with E-state index in [2.05, 4.69) is 15.0 Å². The van der Waals surface area contributed by atoms with Crippen LogP contribution in [-0.2, 0) is 19.5 Å². The van der Waals surface area contributed by atoms with E-state index >= 15 is 0 Å². The van der Waals surface area contributed by atoms with Crippen molar-refractivity contribution in [3.05, 3.63) is 19.0 Å². The summed E-state index contributed by atoms with van der Waals surface area (Å²) in [5.74, 6) is 0. The van der Waals surface area contributed by atoms with Crippen molar-refractivity contribution in [1.29, 1.82) is 0 Å². The Labute approximate surface area is 54.0 Å². The molecule has 30 valence electrons. The van der Waals surface area contributed by atoms with Crippen LogP contribution in [0.2, 0.25) is 0 Å². The van der Waals surface area contributed by atoms with Crippen molar-refractivity contribution in [1.82, 2.24) is 15.0 Å². The summed E-state index contributed by atoms with van der Waals surface area (Å²) in [5.41, 5.74) is 0. The summed E-state index contributed by atoms with van der Waals surface area (Å²) in [6.07, 6.45) is 4.31. The predicted octanol–water partition coefficient (Wildman–Crippen LogP) is -0.131. The van der Waals surface area contributed by atoms with E-state index in [4.69, 9.17) is 0 Å². The Kier molecular flexibility index (Phi) is 3.61. The summed E-state index contributed by atoms with van der Waals surface area (Å²) in [6, 6.07) is 0. The van der Waals surface area contributed by atoms with Gasteiger partial charge in [0, 0.05) is 0 Å². The van der Waals surface area contributed by atoms with E-state index in [0.29, 0.717) is 0 Å². The van der Waals surface area contributed by atoms with Crippen LogP contribution < -0.4 is 0 Å². The van der Waals surface area contributed by atoms with Crippen LogP contribution in [0.15, 0.2) is 19.0 Å². The van der Waals surface area contributed by atoms with Crippen LogP contribution in [0.1, 0.15) is 0 Å². The number of aromatic nitrogens is 3. The molecule has 1 aromatic rings. The minimum atomic E-state index is 0. The zero-order valence-electron chi connectivity index (χ0n) is 3.78. The van der Waals surface area contributed by atoms with E-state index in [-0.39, 0.29) is 19.5 Å². The van der Waals surface area contributed by atoms with E-state index in [1.165, 1.54) is 19.0 Å². The molecule has 0 atom stereocenters. The smallest absolute Gasteiger partial charge is 0.225 e. The first-order valence-electron chi connectivity index (χ1n) is 1.55. The maximum Gasteiger partial charge on any atom is 2.00 e. The SMILES string of the molecule is [Zn+2].c1ncncn1. The van der Waals surface area contributed by atoms with Gasteiger partial charge in [-0.1, -0.05) is 0 Å². The van der Waals surface area contributed by atoms with Crippen molar-refractivity contribution < 1.29 is 19.5 Å². The van der Waals surface area contributed by atoms with Crippen LogP contribution in [0.4, 0.5) is 0 Å². The average molecular weight is 146 g/mol. The van der Waals surface area contributed by atoms with E-state index in [1.807, 2.05) is 0 Å². The van der Waals surface area contributed by atoms with Gasteiger partial charge in [-0.2, -0.15) is 0 Å². The maximum absolute atomic E-state index is 3.56. The molecule has 0 saturated carbocycles. The maximum atomic E-state index is 3.56. The van der Waals surface area contributed by atoms with Crippen molar-refractivity contribution in [3.8, 4) is 0 Å². The largest absolute Gasteiger partial charge is 2.00 e. The Balaban J connectivity index is 0.000000360. The Morgan fingerprint density at radius 3 is 1.14 bits per heavy atom. The second-order valence-corrected chi connectivity index (χ2v) is 0.794. The number of nitrogens with zero attached hydrogens (tertiary/aromatic N) is 3. The van der Waals surface area contributed by atoms with Gasteiger partial charge in [-0.25, -0.2) is 15.0 Å². The Morgan fingerprint density at radius 1 is 0.714 bits per heavy atom. The van der Waals surface area contributed by atoms with E-state index in [0.717, 1.165) is 0 Å². The molecule has 0 radical (unpaired) electrons. The molecule has 0 spiro atoms. The first-order valence-corrected chi connectivity index (χ1v) is 1.55. The molecule has 3 nitrogen and oxygen atoms in total. The molecule has 0 fully saturated rings. The molecule has 1 aromatic heterocycles. The fraction of sp³-hybridized carbons (Fsp3) is 0. The molecule has 0 aliphatic heterocycles. The molecule has 1 rings (SSSR count). The van der Waals surface area contributed by atoms with Gasteiger partial charge < -0.3 is 0 Å². The fourth-order valence-electron chi connectivity index (χ4n) is 0.205. The van der Waals surface area contributed by atoms with Gasteiger partial charge in [0.1, 0.15) is 19.0 Å². The van der Waals surface area contributed by atoms with Gasteiger partial charge in [0.05, 0.1) is 0 Å². The van der Waals surface area contributed by atoms with Crippen molar-refractivity contribution in [2.75, 3.05) is 0 Å². The van der Waals surface area contributed by atoms with Crippen LogP contribution in [-0.4, -0.2) is 15.0 Å². The molecule has 1 heterocycles. The Bertz CT molecular complexity index is 82.1. The monoisotopic (exact) mass is 145 g/mol. The third-order valence-corrected chi connectivity index (χ3v) is 0.400. The van der Waals surface area contributed by atoms with Crippen LogP contribution >= 0.6 is 0 Å². The third kappa shape index (κ3) is 2.34. The molecule has 0 saturated heterocycles. The first-order chi connectivity index (χ1) is 3.00. The molecular weight excluding hydrogens is 143 g/mol. The van der Waals surface area contributed by atoms with Crippen molar-refractivity contribution in [2.45, 2.75) is 0 Å². The Hall–Kier alpha value is -0.367. The fourth-order valence-corrected chi connectivity index (χ4v) is 0.205. The molecule has 0 aromatic carbocycles. The van der Waals surface area contributed by atoms with Gasteiger partial charge in [0.25, 0.3) is 0 Å². The normalized spacial score (nSPS) is 6.86. The van der Waals surface area contributed by atoms with Crippen LogP contribution in [0.25, 0.3) is 0 Å². The summed E-state index contributed by atoms with van der Waals surface area (Å²) < 4.78 is 0. The number of rotatable bonds is 0. The second-order valence-electron chi connectivity index (χ2n) is 0.794. The summed E-state index contributed by atoms with van der Waals surface area (Å²) in [7, 11) is 0. The molecule has 0 aliphatic rings. The van der Waals surface area contributed by atoms with Crippen molar-refractivity contribution in [3.63, 3.8) is 0 Å². The first kappa shape index (κ1) is 6.63. The van der Waals surface area contributed by atoms with Crippen molar-refractivity contribution in [2.24, 2.45) is 0 Å². The summed E-state index contributed by atoms with van der Waals surface area (Å²) in [5, 5.41) is 0. The van der Waals surface area contributed by atoms with Crippen LogP contribution in [0, 0.1) is 0 Å². The summed E-state index contributed by atoms with van der Waals surface area (Å²) >= 11 is 0. The van der Waals surface area contributed by atoms with E-state index < -0.39 is 0 Å². The molecule has 7 heavy (non-hydrogen) atoms. The zero-order chi connectivity index (χ0) is 4.24. The molecule has 0 aliphatic carbocycles. The van der Waals surface area contributed by atoms with Gasteiger partial charge in [0.2, 0.25) is 0 Å². The molecule has 0 bridgehead atoms. The molecule has 0 unspecified atom stereocenters. The number of hydrogen-bond donors (Lipinski definition) is 0. The van der Waals surface area contributed by atoms with Gasteiger partial charge in [-0.3, -0.25) is 0 Å². The summed E-state index contributed by atoms with van der Waals surface area (Å²) in [6.45, 7) is 0.